The number of thiophene rings is 1. The van der Waals surface area contributed by atoms with E-state index in [1.54, 1.807) is 16.2 Å². The number of benzene rings is 1. The van der Waals surface area contributed by atoms with Crippen LogP contribution in [0.25, 0.3) is 10.2 Å². The van der Waals surface area contributed by atoms with Crippen LogP contribution < -0.4 is 10.2 Å². The minimum Gasteiger partial charge on any atom is -0.360 e. The number of carbonyl (C=O) groups is 1. The van der Waals surface area contributed by atoms with Crippen LogP contribution in [-0.4, -0.2) is 29.0 Å². The standard InChI is InChI=1S/C17H18N4OS/c1-3-21(13-7-5-4-6-8-13)15(22)10-18-16-14-9-12(2)23-17(14)20-11-19-16/h4-9,11H,3,10H2,1-2H3,(H,18,19,20). The van der Waals surface area contributed by atoms with Gasteiger partial charge in [-0.15, -0.1) is 11.3 Å². The van der Waals surface area contributed by atoms with Gasteiger partial charge in [-0.3, -0.25) is 4.79 Å². The molecule has 23 heavy (non-hydrogen) atoms. The molecule has 0 radical (unpaired) electrons. The molecule has 1 aromatic carbocycles. The number of hydrogen-bond donors (Lipinski definition) is 1. The Morgan fingerprint density at radius 2 is 2.04 bits per heavy atom. The first-order valence-electron chi connectivity index (χ1n) is 7.49. The third kappa shape index (κ3) is 3.32. The smallest absolute Gasteiger partial charge is 0.246 e. The van der Waals surface area contributed by atoms with Gasteiger partial charge in [-0.05, 0) is 32.0 Å². The van der Waals surface area contributed by atoms with Crippen LogP contribution in [0.2, 0.25) is 0 Å². The molecule has 0 spiro atoms. The van der Waals surface area contributed by atoms with Crippen molar-refractivity contribution < 1.29 is 4.79 Å². The van der Waals surface area contributed by atoms with Crippen molar-refractivity contribution in [3.05, 3.63) is 47.6 Å². The van der Waals surface area contributed by atoms with Crippen LogP contribution in [0, 0.1) is 6.92 Å². The van der Waals surface area contributed by atoms with Crippen molar-refractivity contribution in [2.75, 3.05) is 23.3 Å². The van der Waals surface area contributed by atoms with Gasteiger partial charge in [-0.1, -0.05) is 18.2 Å². The summed E-state index contributed by atoms with van der Waals surface area (Å²) in [4.78, 5) is 24.9. The van der Waals surface area contributed by atoms with Gasteiger partial charge in [0, 0.05) is 17.1 Å². The highest BCUT2D eigenvalue weighted by molar-refractivity contribution is 7.18. The first kappa shape index (κ1) is 15.4. The number of amides is 1. The lowest BCUT2D eigenvalue weighted by Crippen LogP contribution is -2.35. The number of aryl methyl sites for hydroxylation is 1. The van der Waals surface area contributed by atoms with Crippen LogP contribution in [0.3, 0.4) is 0 Å². The third-order valence-electron chi connectivity index (χ3n) is 3.54. The fourth-order valence-electron chi connectivity index (χ4n) is 2.48. The number of likely N-dealkylation sites (N-methyl/N-ethyl adjacent to an activating group) is 1. The van der Waals surface area contributed by atoms with Crippen LogP contribution in [0.5, 0.6) is 0 Å². The van der Waals surface area contributed by atoms with Crippen LogP contribution >= 0.6 is 11.3 Å². The topological polar surface area (TPSA) is 58.1 Å². The molecule has 0 aliphatic heterocycles. The molecule has 2 aromatic heterocycles. The van der Waals surface area contributed by atoms with E-state index >= 15 is 0 Å². The Balaban J connectivity index is 1.75. The van der Waals surface area contributed by atoms with E-state index in [-0.39, 0.29) is 12.5 Å². The molecule has 118 valence electrons. The maximum absolute atomic E-state index is 12.5. The summed E-state index contributed by atoms with van der Waals surface area (Å²) in [6, 6.07) is 11.7. The van der Waals surface area contributed by atoms with Crippen LogP contribution in [-0.2, 0) is 4.79 Å². The van der Waals surface area contributed by atoms with Crippen molar-refractivity contribution in [2.24, 2.45) is 0 Å². The van der Waals surface area contributed by atoms with Gasteiger partial charge in [0.25, 0.3) is 0 Å². The largest absolute Gasteiger partial charge is 0.360 e. The van der Waals surface area contributed by atoms with Gasteiger partial charge in [-0.25, -0.2) is 9.97 Å². The molecule has 0 atom stereocenters. The number of rotatable bonds is 5. The van der Waals surface area contributed by atoms with Crippen molar-refractivity contribution in [1.82, 2.24) is 9.97 Å². The molecule has 1 amide bonds. The van der Waals surface area contributed by atoms with Gasteiger partial charge in [0.05, 0.1) is 11.9 Å². The molecule has 3 aromatic rings. The predicted octanol–water partition coefficient (Wildman–Crippen LogP) is 3.46. The molecule has 0 aliphatic carbocycles. The highest BCUT2D eigenvalue weighted by Gasteiger charge is 2.14. The van der Waals surface area contributed by atoms with E-state index in [1.807, 2.05) is 50.2 Å². The number of fused-ring (bicyclic) bond motifs is 1. The van der Waals surface area contributed by atoms with E-state index in [4.69, 9.17) is 0 Å². The highest BCUT2D eigenvalue weighted by atomic mass is 32.1. The second kappa shape index (κ2) is 6.75. The summed E-state index contributed by atoms with van der Waals surface area (Å²) in [5.74, 6) is 0.717. The lowest BCUT2D eigenvalue weighted by atomic mass is 10.3. The van der Waals surface area contributed by atoms with E-state index in [9.17, 15) is 4.79 Å². The fraction of sp³-hybridized carbons (Fsp3) is 0.235. The first-order valence-corrected chi connectivity index (χ1v) is 8.31. The molecular formula is C17H18N4OS. The zero-order chi connectivity index (χ0) is 16.2. The molecule has 2 heterocycles. The van der Waals surface area contributed by atoms with E-state index in [0.29, 0.717) is 12.4 Å². The van der Waals surface area contributed by atoms with E-state index in [1.165, 1.54) is 11.2 Å². The molecule has 0 saturated carbocycles. The summed E-state index contributed by atoms with van der Waals surface area (Å²) in [6.07, 6.45) is 1.53. The van der Waals surface area contributed by atoms with Crippen molar-refractivity contribution >= 4 is 39.0 Å². The maximum atomic E-state index is 12.5. The summed E-state index contributed by atoms with van der Waals surface area (Å²) < 4.78 is 0. The van der Waals surface area contributed by atoms with Crippen molar-refractivity contribution in [2.45, 2.75) is 13.8 Å². The minimum atomic E-state index is 0.0115. The van der Waals surface area contributed by atoms with Gasteiger partial charge < -0.3 is 10.2 Å². The van der Waals surface area contributed by atoms with Gasteiger partial charge in [0.1, 0.15) is 17.0 Å². The number of carbonyl (C=O) groups excluding carboxylic acids is 1. The monoisotopic (exact) mass is 326 g/mol. The Labute approximate surface area is 139 Å². The zero-order valence-corrected chi connectivity index (χ0v) is 13.9. The Kier molecular flexibility index (Phi) is 4.52. The fourth-order valence-corrected chi connectivity index (χ4v) is 3.33. The van der Waals surface area contributed by atoms with Gasteiger partial charge in [0.15, 0.2) is 0 Å². The summed E-state index contributed by atoms with van der Waals surface area (Å²) in [5.41, 5.74) is 0.904. The quantitative estimate of drug-likeness (QED) is 0.780. The van der Waals surface area contributed by atoms with E-state index in [2.05, 4.69) is 15.3 Å². The molecule has 5 nitrogen and oxygen atoms in total. The Morgan fingerprint density at radius 1 is 1.26 bits per heavy atom. The molecule has 0 fully saturated rings. The third-order valence-corrected chi connectivity index (χ3v) is 4.50. The Morgan fingerprint density at radius 3 is 2.78 bits per heavy atom. The lowest BCUT2D eigenvalue weighted by Gasteiger charge is -2.21. The number of anilines is 2. The molecule has 6 heteroatoms. The van der Waals surface area contributed by atoms with Gasteiger partial charge >= 0.3 is 0 Å². The molecule has 0 unspecified atom stereocenters. The Bertz CT molecular complexity index is 816. The van der Waals surface area contributed by atoms with Gasteiger partial charge in [0.2, 0.25) is 5.91 Å². The normalized spacial score (nSPS) is 10.7. The minimum absolute atomic E-state index is 0.0115. The molecule has 0 bridgehead atoms. The van der Waals surface area contributed by atoms with Crippen molar-refractivity contribution in [3.63, 3.8) is 0 Å². The molecule has 0 aliphatic rings. The zero-order valence-electron chi connectivity index (χ0n) is 13.1. The summed E-state index contributed by atoms with van der Waals surface area (Å²) in [5, 5.41) is 4.11. The van der Waals surface area contributed by atoms with Crippen molar-refractivity contribution in [1.29, 1.82) is 0 Å². The Hall–Kier alpha value is -2.47. The number of aromatic nitrogens is 2. The summed E-state index contributed by atoms with van der Waals surface area (Å²) in [6.45, 7) is 4.83. The number of nitrogens with one attached hydrogen (secondary N) is 1. The number of nitrogens with zero attached hydrogens (tertiary/aromatic N) is 3. The van der Waals surface area contributed by atoms with Crippen LogP contribution in [0.15, 0.2) is 42.7 Å². The molecular weight excluding hydrogens is 308 g/mol. The molecule has 1 N–H and O–H groups in total. The van der Waals surface area contributed by atoms with Gasteiger partial charge in [-0.2, -0.15) is 0 Å². The van der Waals surface area contributed by atoms with Crippen LogP contribution in [0.4, 0.5) is 11.5 Å². The number of hydrogen-bond acceptors (Lipinski definition) is 5. The predicted molar refractivity (Wildman–Crippen MR) is 95.1 cm³/mol. The average Bonchev–Trinajstić information content (AvgIpc) is 2.95. The molecule has 3 rings (SSSR count). The number of para-hydroxylation sites is 1. The van der Waals surface area contributed by atoms with E-state index < -0.39 is 0 Å². The average molecular weight is 326 g/mol. The second-order valence-electron chi connectivity index (χ2n) is 5.13. The van der Waals surface area contributed by atoms with E-state index in [0.717, 1.165) is 15.9 Å². The SMILES string of the molecule is CCN(C(=O)CNc1ncnc2sc(C)cc12)c1ccccc1. The lowest BCUT2D eigenvalue weighted by molar-refractivity contribution is -0.116. The molecule has 0 saturated heterocycles. The summed E-state index contributed by atoms with van der Waals surface area (Å²) >= 11 is 1.62. The van der Waals surface area contributed by atoms with Crippen molar-refractivity contribution in [3.8, 4) is 0 Å². The maximum Gasteiger partial charge on any atom is 0.246 e. The highest BCUT2D eigenvalue weighted by Crippen LogP contribution is 2.27. The second-order valence-corrected chi connectivity index (χ2v) is 6.36. The van der Waals surface area contributed by atoms with Crippen LogP contribution in [0.1, 0.15) is 11.8 Å². The first-order chi connectivity index (χ1) is 11.2. The summed E-state index contributed by atoms with van der Waals surface area (Å²) in [7, 11) is 0.